The van der Waals surface area contributed by atoms with E-state index in [1.807, 2.05) is 36.4 Å². The van der Waals surface area contributed by atoms with Crippen molar-refractivity contribution < 1.29 is 13.9 Å². The molecule has 2 heterocycles. The number of nitrogens with zero attached hydrogens (tertiary/aromatic N) is 3. The molecule has 35 heavy (non-hydrogen) atoms. The van der Waals surface area contributed by atoms with Gasteiger partial charge in [0, 0.05) is 12.7 Å². The minimum Gasteiger partial charge on any atom is -0.438 e. The molecular weight excluding hydrogens is 447 g/mol. The normalized spacial score (nSPS) is 11.2. The summed E-state index contributed by atoms with van der Waals surface area (Å²) in [5.41, 5.74) is 1.26. The van der Waals surface area contributed by atoms with Gasteiger partial charge in [0.25, 0.3) is 11.5 Å². The fourth-order valence-corrected chi connectivity index (χ4v) is 3.46. The molecule has 0 fully saturated rings. The van der Waals surface area contributed by atoms with Crippen LogP contribution in [0.4, 0.5) is 4.39 Å². The molecule has 4 aromatic rings. The molecule has 4 rings (SSSR count). The van der Waals surface area contributed by atoms with Crippen LogP contribution in [-0.4, -0.2) is 21.8 Å². The lowest BCUT2D eigenvalue weighted by molar-refractivity contribution is -0.117. The Labute approximate surface area is 200 Å². The van der Waals surface area contributed by atoms with Gasteiger partial charge in [-0.05, 0) is 60.9 Å². The fraction of sp³-hybridized carbons (Fsp3) is 0.111. The Balaban J connectivity index is 1.70. The van der Waals surface area contributed by atoms with Gasteiger partial charge in [-0.2, -0.15) is 10.2 Å². The first-order valence-corrected chi connectivity index (χ1v) is 10.9. The van der Waals surface area contributed by atoms with E-state index in [4.69, 9.17) is 4.74 Å². The first-order valence-electron chi connectivity index (χ1n) is 10.9. The highest BCUT2D eigenvalue weighted by molar-refractivity contribution is 6.01. The van der Waals surface area contributed by atoms with Crippen molar-refractivity contribution in [3.05, 3.63) is 111 Å². The molecule has 1 amide bonds. The highest BCUT2D eigenvalue weighted by Gasteiger charge is 2.18. The number of aryl methyl sites for hydroxylation is 1. The van der Waals surface area contributed by atoms with Crippen LogP contribution in [0, 0.1) is 24.1 Å². The molecule has 0 aliphatic heterocycles. The Morgan fingerprint density at radius 3 is 2.60 bits per heavy atom. The Morgan fingerprint density at radius 1 is 1.14 bits per heavy atom. The van der Waals surface area contributed by atoms with Crippen molar-refractivity contribution in [3.8, 4) is 17.7 Å². The number of nitrogens with one attached hydrogen (secondary N) is 1. The predicted octanol–water partition coefficient (Wildman–Crippen LogP) is 4.20. The zero-order valence-corrected chi connectivity index (χ0v) is 18.9. The first kappa shape index (κ1) is 23.4. The number of fused-ring (bicyclic) bond motifs is 1. The zero-order chi connectivity index (χ0) is 24.8. The molecule has 0 unspecified atom stereocenters. The average Bonchev–Trinajstić information content (AvgIpc) is 2.86. The van der Waals surface area contributed by atoms with Crippen LogP contribution in [0.5, 0.6) is 11.6 Å². The highest BCUT2D eigenvalue weighted by atomic mass is 19.1. The smallest absolute Gasteiger partial charge is 0.269 e. The molecule has 2 aromatic heterocycles. The summed E-state index contributed by atoms with van der Waals surface area (Å²) in [7, 11) is 0. The second kappa shape index (κ2) is 10.4. The standard InChI is InChI=1S/C27H21FN4O3/c1-18-6-5-15-32-24(18)31-26(35-22-11-9-21(28)10-12-22)23(27(32)34)16-20(17-29)25(33)30-14-13-19-7-3-2-4-8-19/h2-12,15-16H,13-14H2,1H3,(H,30,33)/b20-16+. The average molecular weight is 468 g/mol. The Morgan fingerprint density at radius 2 is 1.89 bits per heavy atom. The third kappa shape index (κ3) is 5.42. The van der Waals surface area contributed by atoms with Gasteiger partial charge in [0.2, 0.25) is 5.88 Å². The van der Waals surface area contributed by atoms with Gasteiger partial charge >= 0.3 is 0 Å². The molecule has 0 radical (unpaired) electrons. The second-order valence-corrected chi connectivity index (χ2v) is 7.74. The van der Waals surface area contributed by atoms with Crippen molar-refractivity contribution in [1.29, 1.82) is 5.26 Å². The third-order valence-electron chi connectivity index (χ3n) is 5.27. The van der Waals surface area contributed by atoms with E-state index in [2.05, 4.69) is 10.3 Å². The van der Waals surface area contributed by atoms with Crippen LogP contribution in [-0.2, 0) is 11.2 Å². The quantitative estimate of drug-likeness (QED) is 0.324. The minimum atomic E-state index is -0.620. The number of hydrogen-bond donors (Lipinski definition) is 1. The van der Waals surface area contributed by atoms with E-state index in [9.17, 15) is 19.2 Å². The molecular formula is C27H21FN4O3. The molecule has 0 spiro atoms. The van der Waals surface area contributed by atoms with Gasteiger partial charge in [-0.15, -0.1) is 0 Å². The molecule has 0 saturated heterocycles. The molecule has 0 aliphatic rings. The van der Waals surface area contributed by atoms with Crippen LogP contribution in [0.15, 0.2) is 83.3 Å². The number of halogens is 1. The molecule has 0 atom stereocenters. The van der Waals surface area contributed by atoms with Gasteiger partial charge < -0.3 is 10.1 Å². The van der Waals surface area contributed by atoms with Gasteiger partial charge in [-0.25, -0.2) is 4.39 Å². The van der Waals surface area contributed by atoms with Crippen LogP contribution < -0.4 is 15.6 Å². The number of nitriles is 1. The maximum atomic E-state index is 13.3. The lowest BCUT2D eigenvalue weighted by Crippen LogP contribution is -2.27. The molecule has 0 bridgehead atoms. The van der Waals surface area contributed by atoms with E-state index >= 15 is 0 Å². The van der Waals surface area contributed by atoms with Gasteiger partial charge in [-0.1, -0.05) is 36.4 Å². The summed E-state index contributed by atoms with van der Waals surface area (Å²) in [5.74, 6) is -0.916. The van der Waals surface area contributed by atoms with Crippen molar-refractivity contribution in [2.75, 3.05) is 6.54 Å². The summed E-state index contributed by atoms with van der Waals surface area (Å²) in [4.78, 5) is 30.5. The monoisotopic (exact) mass is 468 g/mol. The van der Waals surface area contributed by atoms with Crippen LogP contribution >= 0.6 is 0 Å². The molecule has 174 valence electrons. The number of aromatic nitrogens is 2. The minimum absolute atomic E-state index is 0.0767. The van der Waals surface area contributed by atoms with Crippen LogP contribution in [0.3, 0.4) is 0 Å². The lowest BCUT2D eigenvalue weighted by atomic mass is 10.1. The van der Waals surface area contributed by atoms with E-state index in [-0.39, 0.29) is 22.8 Å². The van der Waals surface area contributed by atoms with Crippen molar-refractivity contribution in [2.24, 2.45) is 0 Å². The van der Waals surface area contributed by atoms with Crippen LogP contribution in [0.25, 0.3) is 11.7 Å². The molecule has 7 nitrogen and oxygen atoms in total. The lowest BCUT2D eigenvalue weighted by Gasteiger charge is -2.11. The van der Waals surface area contributed by atoms with E-state index < -0.39 is 17.3 Å². The molecule has 8 heteroatoms. The van der Waals surface area contributed by atoms with Crippen LogP contribution in [0.1, 0.15) is 16.7 Å². The van der Waals surface area contributed by atoms with E-state index in [1.165, 1.54) is 34.7 Å². The number of hydrogen-bond acceptors (Lipinski definition) is 5. The summed E-state index contributed by atoms with van der Waals surface area (Å²) >= 11 is 0. The third-order valence-corrected chi connectivity index (χ3v) is 5.27. The second-order valence-electron chi connectivity index (χ2n) is 7.74. The Hall–Kier alpha value is -4.77. The summed E-state index contributed by atoms with van der Waals surface area (Å²) in [5, 5.41) is 12.3. The SMILES string of the molecule is Cc1cccn2c(=O)c(/C=C(\C#N)C(=O)NCCc3ccccc3)c(Oc3ccc(F)cc3)nc12. The fourth-order valence-electron chi connectivity index (χ4n) is 3.46. The first-order chi connectivity index (χ1) is 17.0. The summed E-state index contributed by atoms with van der Waals surface area (Å²) in [6, 6.07) is 20.1. The molecule has 0 saturated carbocycles. The van der Waals surface area contributed by atoms with E-state index in [0.717, 1.165) is 11.1 Å². The van der Waals surface area contributed by atoms with Gasteiger partial charge in [0.05, 0.1) is 0 Å². The maximum absolute atomic E-state index is 13.3. The predicted molar refractivity (Wildman–Crippen MR) is 129 cm³/mol. The van der Waals surface area contributed by atoms with Crippen molar-refractivity contribution in [2.45, 2.75) is 13.3 Å². The topological polar surface area (TPSA) is 96.5 Å². The van der Waals surface area contributed by atoms with Crippen LogP contribution in [0.2, 0.25) is 0 Å². The van der Waals surface area contributed by atoms with Crippen molar-refractivity contribution in [3.63, 3.8) is 0 Å². The van der Waals surface area contributed by atoms with Gasteiger partial charge in [0.15, 0.2) is 0 Å². The van der Waals surface area contributed by atoms with E-state index in [0.29, 0.717) is 18.6 Å². The summed E-state index contributed by atoms with van der Waals surface area (Å²) < 4.78 is 20.4. The Kier molecular flexibility index (Phi) is 6.98. The Bertz CT molecular complexity index is 1500. The van der Waals surface area contributed by atoms with E-state index in [1.54, 1.807) is 25.3 Å². The molecule has 0 aliphatic carbocycles. The van der Waals surface area contributed by atoms with Crippen molar-refractivity contribution in [1.82, 2.24) is 14.7 Å². The number of ether oxygens (including phenoxy) is 1. The number of amides is 1. The highest BCUT2D eigenvalue weighted by Crippen LogP contribution is 2.25. The largest absolute Gasteiger partial charge is 0.438 e. The number of benzene rings is 2. The number of carbonyl (C=O) groups is 1. The number of pyridine rings is 1. The molecule has 2 aromatic carbocycles. The molecule has 1 N–H and O–H groups in total. The number of rotatable bonds is 7. The summed E-state index contributed by atoms with van der Waals surface area (Å²) in [6.45, 7) is 2.11. The summed E-state index contributed by atoms with van der Waals surface area (Å²) in [6.07, 6.45) is 3.30. The number of carbonyl (C=O) groups excluding carboxylic acids is 1. The zero-order valence-electron chi connectivity index (χ0n) is 18.9. The van der Waals surface area contributed by atoms with Crippen molar-refractivity contribution >= 4 is 17.6 Å². The maximum Gasteiger partial charge on any atom is 0.269 e. The van der Waals surface area contributed by atoms with Gasteiger partial charge in [0.1, 0.15) is 34.4 Å². The van der Waals surface area contributed by atoms with Gasteiger partial charge in [-0.3, -0.25) is 14.0 Å².